The zero-order chi connectivity index (χ0) is 20.8. The Morgan fingerprint density at radius 2 is 1.07 bits per heavy atom. The number of carbonyl (C=O) groups is 1. The van der Waals surface area contributed by atoms with E-state index in [9.17, 15) is 9.18 Å². The lowest BCUT2D eigenvalue weighted by Crippen LogP contribution is -1.89. The Labute approximate surface area is 173 Å². The first kappa shape index (κ1) is 23.2. The molecule has 148 valence electrons. The molecule has 0 amide bonds. The number of ether oxygens (including phenoxy) is 3. The summed E-state index contributed by atoms with van der Waals surface area (Å²) >= 11 is 3.32. The summed E-state index contributed by atoms with van der Waals surface area (Å²) in [5, 5.41) is 0. The monoisotopic (exact) mass is 448 g/mol. The van der Waals surface area contributed by atoms with Crippen LogP contribution in [0.15, 0.2) is 83.3 Å². The highest BCUT2D eigenvalue weighted by molar-refractivity contribution is 9.10. The van der Waals surface area contributed by atoms with Gasteiger partial charge in [-0.25, -0.2) is 0 Å². The van der Waals surface area contributed by atoms with Crippen LogP contribution in [0.3, 0.4) is 0 Å². The fourth-order valence-electron chi connectivity index (χ4n) is 1.85. The molecule has 0 N–H and O–H groups in total. The fourth-order valence-corrected chi connectivity index (χ4v) is 2.11. The molecule has 0 atom stereocenters. The van der Waals surface area contributed by atoms with E-state index in [0.29, 0.717) is 5.75 Å². The van der Waals surface area contributed by atoms with Crippen molar-refractivity contribution >= 4 is 22.0 Å². The van der Waals surface area contributed by atoms with Gasteiger partial charge in [0.25, 0.3) is 0 Å². The highest BCUT2D eigenvalue weighted by atomic mass is 79.9. The average molecular weight is 449 g/mol. The van der Waals surface area contributed by atoms with Crippen LogP contribution in [0.2, 0.25) is 0 Å². The minimum absolute atomic E-state index is 0.0470. The van der Waals surface area contributed by atoms with Gasteiger partial charge in [-0.2, -0.15) is 4.39 Å². The van der Waals surface area contributed by atoms with Crippen molar-refractivity contribution in [1.29, 1.82) is 0 Å². The second kappa shape index (κ2) is 13.3. The van der Waals surface area contributed by atoms with Crippen molar-refractivity contribution in [2.45, 2.75) is 0 Å². The summed E-state index contributed by atoms with van der Waals surface area (Å²) in [5.74, 6) is 2.40. The molecule has 0 spiro atoms. The van der Waals surface area contributed by atoms with E-state index in [1.807, 2.05) is 54.6 Å². The van der Waals surface area contributed by atoms with Gasteiger partial charge in [-0.05, 0) is 60.7 Å². The summed E-state index contributed by atoms with van der Waals surface area (Å²) in [4.78, 5) is 10.1. The molecule has 6 heteroatoms. The number of benzene rings is 3. The zero-order valence-electron chi connectivity index (χ0n) is 15.9. The first-order chi connectivity index (χ1) is 13.5. The molecule has 3 rings (SSSR count). The maximum absolute atomic E-state index is 12.0. The number of rotatable bonds is 4. The molecular formula is C22H22BrFO4. The molecule has 0 fully saturated rings. The Hall–Kier alpha value is -2.86. The molecule has 0 saturated carbocycles. The predicted molar refractivity (Wildman–Crippen MR) is 112 cm³/mol. The number of halogens is 2. The first-order valence-corrected chi connectivity index (χ1v) is 9.02. The molecule has 0 aliphatic heterocycles. The number of hydrogen-bond donors (Lipinski definition) is 0. The van der Waals surface area contributed by atoms with Crippen LogP contribution in [0.1, 0.15) is 10.4 Å². The van der Waals surface area contributed by atoms with Crippen LogP contribution in [0.25, 0.3) is 0 Å². The van der Waals surface area contributed by atoms with Gasteiger partial charge in [0, 0.05) is 4.47 Å². The van der Waals surface area contributed by atoms with Crippen LogP contribution >= 0.6 is 15.9 Å². The van der Waals surface area contributed by atoms with Gasteiger partial charge in [0.05, 0.1) is 26.9 Å². The van der Waals surface area contributed by atoms with Crippen molar-refractivity contribution in [1.82, 2.24) is 0 Å². The van der Waals surface area contributed by atoms with Gasteiger partial charge in [-0.15, -0.1) is 0 Å². The summed E-state index contributed by atoms with van der Waals surface area (Å²) in [7, 11) is 4.82. The Kier molecular flexibility index (Phi) is 11.0. The maximum atomic E-state index is 12.0. The van der Waals surface area contributed by atoms with E-state index < -0.39 is 6.04 Å². The van der Waals surface area contributed by atoms with E-state index in [1.165, 1.54) is 31.4 Å². The number of carbonyl (C=O) groups excluding carboxylic acids is 1. The molecule has 0 heterocycles. The van der Waals surface area contributed by atoms with Gasteiger partial charge in [0.2, 0.25) is 0 Å². The van der Waals surface area contributed by atoms with Crippen molar-refractivity contribution in [2.24, 2.45) is 0 Å². The quantitative estimate of drug-likeness (QED) is 0.462. The third kappa shape index (κ3) is 9.19. The maximum Gasteiger partial charge on any atom is 0.332 e. The summed E-state index contributed by atoms with van der Waals surface area (Å²) in [6.45, 7) is 0. The van der Waals surface area contributed by atoms with E-state index in [1.54, 1.807) is 14.2 Å². The van der Waals surface area contributed by atoms with Gasteiger partial charge >= 0.3 is 6.04 Å². The van der Waals surface area contributed by atoms with Gasteiger partial charge in [-0.1, -0.05) is 34.1 Å². The van der Waals surface area contributed by atoms with Crippen LogP contribution in [0.5, 0.6) is 17.2 Å². The highest BCUT2D eigenvalue weighted by Crippen LogP contribution is 2.15. The highest BCUT2D eigenvalue weighted by Gasteiger charge is 2.01. The Bertz CT molecular complexity index is 806. The first-order valence-electron chi connectivity index (χ1n) is 8.22. The molecule has 0 unspecified atom stereocenters. The minimum Gasteiger partial charge on any atom is -0.497 e. The molecule has 0 radical (unpaired) electrons. The molecule has 28 heavy (non-hydrogen) atoms. The van der Waals surface area contributed by atoms with Crippen LogP contribution in [-0.4, -0.2) is 27.4 Å². The van der Waals surface area contributed by atoms with Crippen LogP contribution in [0, 0.1) is 0 Å². The van der Waals surface area contributed by atoms with Crippen LogP contribution in [0.4, 0.5) is 4.39 Å². The topological polar surface area (TPSA) is 44.8 Å². The molecule has 0 saturated heterocycles. The minimum atomic E-state index is -1.42. The predicted octanol–water partition coefficient (Wildman–Crippen LogP) is 5.96. The number of methoxy groups -OCH3 is 3. The van der Waals surface area contributed by atoms with E-state index in [4.69, 9.17) is 14.2 Å². The van der Waals surface area contributed by atoms with E-state index in [2.05, 4.69) is 15.9 Å². The summed E-state index contributed by atoms with van der Waals surface area (Å²) in [6, 6.07) is 21.8. The molecule has 4 nitrogen and oxygen atoms in total. The zero-order valence-corrected chi connectivity index (χ0v) is 17.5. The third-order valence-electron chi connectivity index (χ3n) is 3.35. The lowest BCUT2D eigenvalue weighted by Gasteiger charge is -1.97. The molecule has 3 aromatic rings. The molecule has 3 aromatic carbocycles. The van der Waals surface area contributed by atoms with Gasteiger partial charge in [-0.3, -0.25) is 4.79 Å². The summed E-state index contributed by atoms with van der Waals surface area (Å²) in [5.41, 5.74) is 0.0470. The van der Waals surface area contributed by atoms with Crippen molar-refractivity contribution < 1.29 is 23.4 Å². The summed E-state index contributed by atoms with van der Waals surface area (Å²) < 4.78 is 27.7. The van der Waals surface area contributed by atoms with Crippen molar-refractivity contribution in [2.75, 3.05) is 21.3 Å². The Morgan fingerprint density at radius 3 is 1.43 bits per heavy atom. The van der Waals surface area contributed by atoms with Crippen LogP contribution < -0.4 is 14.2 Å². The van der Waals surface area contributed by atoms with Gasteiger partial charge in [0.15, 0.2) is 0 Å². The third-order valence-corrected chi connectivity index (χ3v) is 3.87. The summed E-state index contributed by atoms with van der Waals surface area (Å²) in [6.07, 6.45) is 0. The van der Waals surface area contributed by atoms with Crippen molar-refractivity contribution in [3.05, 3.63) is 88.9 Å². The number of hydrogen-bond acceptors (Lipinski definition) is 4. The molecular weight excluding hydrogens is 427 g/mol. The van der Waals surface area contributed by atoms with E-state index in [-0.39, 0.29) is 5.56 Å². The molecule has 0 aliphatic rings. The molecule has 0 bridgehead atoms. The lowest BCUT2D eigenvalue weighted by atomic mass is 10.2. The largest absolute Gasteiger partial charge is 0.497 e. The van der Waals surface area contributed by atoms with Gasteiger partial charge in [0.1, 0.15) is 17.2 Å². The smallest absolute Gasteiger partial charge is 0.332 e. The van der Waals surface area contributed by atoms with Gasteiger partial charge < -0.3 is 14.2 Å². The lowest BCUT2D eigenvalue weighted by molar-refractivity contribution is 0.0836. The normalized spacial score (nSPS) is 9.04. The average Bonchev–Trinajstić information content (AvgIpc) is 2.76. The molecule has 0 aromatic heterocycles. The second-order valence-corrected chi connectivity index (χ2v) is 6.09. The SMILES string of the molecule is COc1ccc(Br)cc1.COc1ccc(C(=O)F)cc1.COc1ccccc1. The van der Waals surface area contributed by atoms with Crippen molar-refractivity contribution in [3.63, 3.8) is 0 Å². The standard InChI is InChI=1S/C8H7FO2.C7H7BrO.C7H8O/c1-11-7-4-2-6(3-5-7)8(9)10;1-9-7-4-2-6(8)3-5-7;1-8-7-5-3-2-4-6-7/h2-5H,1H3;2-5H,1H3;2-6H,1H3. The van der Waals surface area contributed by atoms with Crippen LogP contribution in [-0.2, 0) is 0 Å². The van der Waals surface area contributed by atoms with E-state index >= 15 is 0 Å². The Morgan fingerprint density at radius 1 is 0.679 bits per heavy atom. The number of para-hydroxylation sites is 1. The fraction of sp³-hybridized carbons (Fsp3) is 0.136. The van der Waals surface area contributed by atoms with Crippen molar-refractivity contribution in [3.8, 4) is 17.2 Å². The molecule has 0 aliphatic carbocycles. The van der Waals surface area contributed by atoms with E-state index in [0.717, 1.165) is 16.0 Å². The Balaban J connectivity index is 0.000000213. The second-order valence-electron chi connectivity index (χ2n) is 5.18.